The van der Waals surface area contributed by atoms with Gasteiger partial charge in [0.05, 0.1) is 12.3 Å². The van der Waals surface area contributed by atoms with E-state index in [2.05, 4.69) is 9.72 Å². The number of ether oxygens (including phenoxy) is 1. The smallest absolute Gasteiger partial charge is 0.387 e. The SMILES string of the molecule is OCc1cc(OC(F)F)cc(F)n1. The number of alkyl halides is 2. The van der Waals surface area contributed by atoms with Crippen LogP contribution in [0.2, 0.25) is 0 Å². The van der Waals surface area contributed by atoms with Crippen LogP contribution in [0.3, 0.4) is 0 Å². The molecule has 0 aliphatic rings. The van der Waals surface area contributed by atoms with Crippen LogP contribution in [0, 0.1) is 5.95 Å². The number of aliphatic hydroxyl groups is 1. The molecule has 0 aromatic carbocycles. The van der Waals surface area contributed by atoms with E-state index >= 15 is 0 Å². The average Bonchev–Trinajstić information content (AvgIpc) is 2.01. The summed E-state index contributed by atoms with van der Waals surface area (Å²) < 4.78 is 39.8. The lowest BCUT2D eigenvalue weighted by atomic mass is 10.3. The van der Waals surface area contributed by atoms with Crippen LogP contribution in [0.1, 0.15) is 5.69 Å². The van der Waals surface area contributed by atoms with Gasteiger partial charge < -0.3 is 9.84 Å². The van der Waals surface area contributed by atoms with Gasteiger partial charge in [0, 0.05) is 12.1 Å². The Kier molecular flexibility index (Phi) is 3.07. The third-order valence-corrected chi connectivity index (χ3v) is 1.21. The zero-order valence-electron chi connectivity index (χ0n) is 6.38. The van der Waals surface area contributed by atoms with E-state index in [4.69, 9.17) is 5.11 Å². The van der Waals surface area contributed by atoms with Crippen LogP contribution in [0.5, 0.6) is 5.75 Å². The largest absolute Gasteiger partial charge is 0.435 e. The molecule has 0 unspecified atom stereocenters. The van der Waals surface area contributed by atoms with Gasteiger partial charge in [-0.05, 0) is 0 Å². The third-order valence-electron chi connectivity index (χ3n) is 1.21. The number of nitrogens with zero attached hydrogens (tertiary/aromatic N) is 1. The molecule has 0 fully saturated rings. The number of aromatic nitrogens is 1. The maximum Gasteiger partial charge on any atom is 0.387 e. The normalized spacial score (nSPS) is 10.5. The second kappa shape index (κ2) is 4.08. The molecule has 0 saturated heterocycles. The van der Waals surface area contributed by atoms with E-state index in [-0.39, 0.29) is 11.4 Å². The highest BCUT2D eigenvalue weighted by Gasteiger charge is 2.07. The Morgan fingerprint density at radius 2 is 2.15 bits per heavy atom. The van der Waals surface area contributed by atoms with Gasteiger partial charge in [0.15, 0.2) is 0 Å². The molecule has 0 bridgehead atoms. The molecule has 1 heterocycles. The first-order valence-corrected chi connectivity index (χ1v) is 3.34. The van der Waals surface area contributed by atoms with Crippen molar-refractivity contribution in [2.24, 2.45) is 0 Å². The number of halogens is 3. The summed E-state index contributed by atoms with van der Waals surface area (Å²) >= 11 is 0. The lowest BCUT2D eigenvalue weighted by Gasteiger charge is -2.04. The fourth-order valence-electron chi connectivity index (χ4n) is 0.777. The zero-order valence-corrected chi connectivity index (χ0v) is 6.38. The molecule has 13 heavy (non-hydrogen) atoms. The Hall–Kier alpha value is -1.30. The van der Waals surface area contributed by atoms with Crippen molar-refractivity contribution >= 4 is 0 Å². The predicted octanol–water partition coefficient (Wildman–Crippen LogP) is 1.31. The maximum atomic E-state index is 12.5. The second-order valence-corrected chi connectivity index (χ2v) is 2.15. The molecule has 0 atom stereocenters. The van der Waals surface area contributed by atoms with Crippen molar-refractivity contribution in [1.82, 2.24) is 4.98 Å². The molecule has 0 aliphatic carbocycles. The minimum atomic E-state index is -3.02. The summed E-state index contributed by atoms with van der Waals surface area (Å²) in [6.07, 6.45) is 0. The van der Waals surface area contributed by atoms with Crippen molar-refractivity contribution in [1.29, 1.82) is 0 Å². The van der Waals surface area contributed by atoms with Crippen LogP contribution in [0.25, 0.3) is 0 Å². The van der Waals surface area contributed by atoms with Crippen LogP contribution in [0.15, 0.2) is 12.1 Å². The van der Waals surface area contributed by atoms with Crippen LogP contribution in [-0.4, -0.2) is 16.7 Å². The first-order valence-electron chi connectivity index (χ1n) is 3.34. The molecule has 72 valence electrons. The molecule has 0 saturated carbocycles. The number of aliphatic hydroxyl groups excluding tert-OH is 1. The fraction of sp³-hybridized carbons (Fsp3) is 0.286. The summed E-state index contributed by atoms with van der Waals surface area (Å²) in [6, 6.07) is 1.75. The van der Waals surface area contributed by atoms with Crippen molar-refractivity contribution in [3.63, 3.8) is 0 Å². The van der Waals surface area contributed by atoms with Crippen LogP contribution >= 0.6 is 0 Å². The lowest BCUT2D eigenvalue weighted by molar-refractivity contribution is -0.0501. The van der Waals surface area contributed by atoms with Crippen molar-refractivity contribution in [2.75, 3.05) is 0 Å². The Morgan fingerprint density at radius 1 is 1.46 bits per heavy atom. The number of pyridine rings is 1. The molecule has 3 nitrogen and oxygen atoms in total. The van der Waals surface area contributed by atoms with E-state index in [0.717, 1.165) is 6.07 Å². The van der Waals surface area contributed by atoms with Gasteiger partial charge in [0.1, 0.15) is 5.75 Å². The van der Waals surface area contributed by atoms with Crippen molar-refractivity contribution in [2.45, 2.75) is 13.2 Å². The second-order valence-electron chi connectivity index (χ2n) is 2.15. The monoisotopic (exact) mass is 193 g/mol. The van der Waals surface area contributed by atoms with Gasteiger partial charge in [-0.25, -0.2) is 4.98 Å². The Bertz CT molecular complexity index is 293. The van der Waals surface area contributed by atoms with Crippen molar-refractivity contribution < 1.29 is 23.0 Å². The summed E-state index contributed by atoms with van der Waals surface area (Å²) in [7, 11) is 0. The van der Waals surface area contributed by atoms with E-state index in [1.165, 1.54) is 0 Å². The minimum absolute atomic E-state index is 0.0596. The van der Waals surface area contributed by atoms with Crippen molar-refractivity contribution in [3.8, 4) is 5.75 Å². The van der Waals surface area contributed by atoms with Gasteiger partial charge in [-0.2, -0.15) is 13.2 Å². The van der Waals surface area contributed by atoms with E-state index in [9.17, 15) is 13.2 Å². The molecule has 1 N–H and O–H groups in total. The van der Waals surface area contributed by atoms with Gasteiger partial charge >= 0.3 is 6.61 Å². The summed E-state index contributed by atoms with van der Waals surface area (Å²) in [5, 5.41) is 8.55. The molecular formula is C7H6F3NO2. The van der Waals surface area contributed by atoms with Gasteiger partial charge in [0.2, 0.25) is 5.95 Å². The highest BCUT2D eigenvalue weighted by atomic mass is 19.3. The summed E-state index contributed by atoms with van der Waals surface area (Å²) in [5.41, 5.74) is -0.0596. The number of hydrogen-bond acceptors (Lipinski definition) is 3. The van der Waals surface area contributed by atoms with E-state index in [1.54, 1.807) is 0 Å². The topological polar surface area (TPSA) is 42.4 Å². The molecule has 0 aliphatic heterocycles. The fourth-order valence-corrected chi connectivity index (χ4v) is 0.777. The number of rotatable bonds is 3. The molecule has 0 radical (unpaired) electrons. The van der Waals surface area contributed by atoms with E-state index in [1.807, 2.05) is 0 Å². The quantitative estimate of drug-likeness (QED) is 0.736. The standard InChI is InChI=1S/C7H6F3NO2/c8-6-2-5(13-7(9)10)1-4(3-12)11-6/h1-2,7,12H,3H2. The van der Waals surface area contributed by atoms with Crippen LogP contribution in [-0.2, 0) is 6.61 Å². The summed E-state index contributed by atoms with van der Waals surface area (Å²) in [4.78, 5) is 3.22. The highest BCUT2D eigenvalue weighted by molar-refractivity contribution is 5.23. The molecule has 1 aromatic heterocycles. The highest BCUT2D eigenvalue weighted by Crippen LogP contribution is 2.15. The van der Waals surface area contributed by atoms with E-state index in [0.29, 0.717) is 6.07 Å². The van der Waals surface area contributed by atoms with Gasteiger partial charge in [-0.15, -0.1) is 0 Å². The lowest BCUT2D eigenvalue weighted by Crippen LogP contribution is -2.04. The Labute approximate surface area is 71.8 Å². The molecule has 1 aromatic rings. The van der Waals surface area contributed by atoms with Crippen LogP contribution < -0.4 is 4.74 Å². The number of hydrogen-bond donors (Lipinski definition) is 1. The van der Waals surface area contributed by atoms with Crippen LogP contribution in [0.4, 0.5) is 13.2 Å². The molecule has 0 spiro atoms. The predicted molar refractivity (Wildman–Crippen MR) is 36.7 cm³/mol. The zero-order chi connectivity index (χ0) is 9.84. The molecular weight excluding hydrogens is 187 g/mol. The van der Waals surface area contributed by atoms with Gasteiger partial charge in [0.25, 0.3) is 0 Å². The molecule has 6 heteroatoms. The van der Waals surface area contributed by atoms with Gasteiger partial charge in [-0.3, -0.25) is 0 Å². The Morgan fingerprint density at radius 3 is 2.69 bits per heavy atom. The van der Waals surface area contributed by atoms with Crippen molar-refractivity contribution in [3.05, 3.63) is 23.8 Å². The van der Waals surface area contributed by atoms with E-state index < -0.39 is 19.2 Å². The first kappa shape index (κ1) is 9.79. The third kappa shape index (κ3) is 2.90. The molecule has 1 rings (SSSR count). The first-order chi connectivity index (χ1) is 6.11. The average molecular weight is 193 g/mol. The minimum Gasteiger partial charge on any atom is -0.435 e. The summed E-state index contributed by atoms with van der Waals surface area (Å²) in [5.74, 6) is -1.33. The molecule has 0 amide bonds. The Balaban J connectivity index is 2.88. The maximum absolute atomic E-state index is 12.5. The summed E-state index contributed by atoms with van der Waals surface area (Å²) in [6.45, 7) is -3.55. The van der Waals surface area contributed by atoms with Gasteiger partial charge in [-0.1, -0.05) is 0 Å².